The lowest BCUT2D eigenvalue weighted by atomic mass is 10.2. The Morgan fingerprint density at radius 1 is 1.22 bits per heavy atom. The number of nitrogens with one attached hydrogen (secondary N) is 1. The zero-order chi connectivity index (χ0) is 23.1. The number of nitro benzene ring substituents is 1. The maximum Gasteiger partial charge on any atom is 0.331 e. The first-order chi connectivity index (χ1) is 15.3. The van der Waals surface area contributed by atoms with Gasteiger partial charge < -0.3 is 19.7 Å². The Hall–Kier alpha value is -3.43. The van der Waals surface area contributed by atoms with Crippen molar-refractivity contribution in [1.29, 1.82) is 0 Å². The van der Waals surface area contributed by atoms with Crippen LogP contribution in [0.15, 0.2) is 48.5 Å². The first-order valence-corrected chi connectivity index (χ1v) is 10.3. The molecule has 0 aromatic heterocycles. The van der Waals surface area contributed by atoms with Gasteiger partial charge in [0.05, 0.1) is 18.1 Å². The number of amides is 1. The minimum absolute atomic E-state index is 0.00185. The molecule has 3 rings (SSSR count). The van der Waals surface area contributed by atoms with Gasteiger partial charge in [0.25, 0.3) is 11.6 Å². The molecule has 0 radical (unpaired) electrons. The number of rotatable bonds is 7. The molecule has 0 saturated carbocycles. The number of carbonyl (C=O) groups is 2. The molecule has 2 aromatic carbocycles. The Morgan fingerprint density at radius 2 is 1.91 bits per heavy atom. The Kier molecular flexibility index (Phi) is 7.80. The van der Waals surface area contributed by atoms with Crippen molar-refractivity contribution in [3.63, 3.8) is 0 Å². The topological polar surface area (TPSA) is 111 Å². The van der Waals surface area contributed by atoms with Gasteiger partial charge in [-0.05, 0) is 48.9 Å². The fourth-order valence-corrected chi connectivity index (χ4v) is 3.21. The Labute approximate surface area is 189 Å². The molecule has 1 fully saturated rings. The third kappa shape index (κ3) is 6.29. The SMILES string of the molecule is CC(OC(=O)/C=C/c1ccc(Cl)c([N+](=O)[O-])c1)C(=O)Nc1ccc(N2CCOCC2)cc1. The minimum atomic E-state index is -1.04. The molecule has 1 unspecified atom stereocenters. The van der Waals surface area contributed by atoms with Crippen molar-refractivity contribution in [2.45, 2.75) is 13.0 Å². The summed E-state index contributed by atoms with van der Waals surface area (Å²) >= 11 is 5.76. The second kappa shape index (κ2) is 10.7. The van der Waals surface area contributed by atoms with Crippen molar-refractivity contribution < 1.29 is 24.0 Å². The molecule has 1 N–H and O–H groups in total. The van der Waals surface area contributed by atoms with Crippen LogP contribution in [0.4, 0.5) is 17.1 Å². The van der Waals surface area contributed by atoms with Crippen molar-refractivity contribution in [3.05, 3.63) is 69.2 Å². The quantitative estimate of drug-likeness (QED) is 0.291. The van der Waals surface area contributed by atoms with E-state index < -0.39 is 22.9 Å². The predicted molar refractivity (Wildman–Crippen MR) is 121 cm³/mol. The summed E-state index contributed by atoms with van der Waals surface area (Å²) < 4.78 is 10.4. The van der Waals surface area contributed by atoms with Gasteiger partial charge in [-0.25, -0.2) is 4.79 Å². The molecule has 9 nitrogen and oxygen atoms in total. The predicted octanol–water partition coefficient (Wildman–Crippen LogP) is 3.67. The van der Waals surface area contributed by atoms with Crippen LogP contribution in [0.2, 0.25) is 5.02 Å². The smallest absolute Gasteiger partial charge is 0.331 e. The van der Waals surface area contributed by atoms with E-state index in [1.165, 1.54) is 31.2 Å². The molecule has 168 valence electrons. The van der Waals surface area contributed by atoms with E-state index in [1.54, 1.807) is 12.1 Å². The highest BCUT2D eigenvalue weighted by molar-refractivity contribution is 6.32. The number of nitro groups is 1. The molecular formula is C22H22ClN3O6. The number of nitrogens with zero attached hydrogens (tertiary/aromatic N) is 2. The zero-order valence-corrected chi connectivity index (χ0v) is 18.1. The van der Waals surface area contributed by atoms with E-state index in [2.05, 4.69) is 10.2 Å². The minimum Gasteiger partial charge on any atom is -0.449 e. The largest absolute Gasteiger partial charge is 0.449 e. The highest BCUT2D eigenvalue weighted by Crippen LogP contribution is 2.25. The molecule has 10 heteroatoms. The summed E-state index contributed by atoms with van der Waals surface area (Å²) in [4.78, 5) is 36.9. The normalized spacial score (nSPS) is 14.8. The van der Waals surface area contributed by atoms with Gasteiger partial charge in [0.2, 0.25) is 0 Å². The molecule has 0 aliphatic carbocycles. The molecule has 0 bridgehead atoms. The van der Waals surface area contributed by atoms with Gasteiger partial charge in [-0.1, -0.05) is 17.7 Å². The van der Waals surface area contributed by atoms with Crippen LogP contribution in [0.1, 0.15) is 12.5 Å². The Bertz CT molecular complexity index is 1020. The van der Waals surface area contributed by atoms with Gasteiger partial charge >= 0.3 is 5.97 Å². The van der Waals surface area contributed by atoms with E-state index in [-0.39, 0.29) is 10.7 Å². The molecule has 1 saturated heterocycles. The number of esters is 1. The third-order valence-electron chi connectivity index (χ3n) is 4.75. The molecule has 0 spiro atoms. The molecule has 1 aliphatic rings. The highest BCUT2D eigenvalue weighted by atomic mass is 35.5. The van der Waals surface area contributed by atoms with Crippen molar-refractivity contribution in [2.24, 2.45) is 0 Å². The lowest BCUT2D eigenvalue weighted by Gasteiger charge is -2.28. The van der Waals surface area contributed by atoms with Crippen LogP contribution >= 0.6 is 11.6 Å². The van der Waals surface area contributed by atoms with Crippen LogP contribution in [0.5, 0.6) is 0 Å². The first-order valence-electron chi connectivity index (χ1n) is 9.90. The summed E-state index contributed by atoms with van der Waals surface area (Å²) in [5.74, 6) is -1.24. The molecule has 32 heavy (non-hydrogen) atoms. The van der Waals surface area contributed by atoms with Gasteiger partial charge in [0.15, 0.2) is 6.10 Å². The van der Waals surface area contributed by atoms with E-state index >= 15 is 0 Å². The number of hydrogen-bond acceptors (Lipinski definition) is 7. The average Bonchev–Trinajstić information content (AvgIpc) is 2.79. The first kappa shape index (κ1) is 23.2. The van der Waals surface area contributed by atoms with Crippen LogP contribution in [0, 0.1) is 10.1 Å². The highest BCUT2D eigenvalue weighted by Gasteiger charge is 2.18. The number of anilines is 2. The summed E-state index contributed by atoms with van der Waals surface area (Å²) in [6.07, 6.45) is 1.40. The lowest BCUT2D eigenvalue weighted by Crippen LogP contribution is -2.36. The summed E-state index contributed by atoms with van der Waals surface area (Å²) in [5.41, 5.74) is 1.75. The molecule has 2 aromatic rings. The van der Waals surface area contributed by atoms with Crippen LogP contribution in [-0.4, -0.2) is 49.2 Å². The molecule has 1 heterocycles. The molecular weight excluding hydrogens is 438 g/mol. The van der Waals surface area contributed by atoms with Crippen molar-refractivity contribution in [2.75, 3.05) is 36.5 Å². The number of morpholine rings is 1. The van der Waals surface area contributed by atoms with Gasteiger partial charge in [0, 0.05) is 36.6 Å². The monoisotopic (exact) mass is 459 g/mol. The number of halogens is 1. The van der Waals surface area contributed by atoms with Crippen LogP contribution in [-0.2, 0) is 19.1 Å². The Morgan fingerprint density at radius 3 is 2.56 bits per heavy atom. The van der Waals surface area contributed by atoms with E-state index in [0.29, 0.717) is 24.5 Å². The second-order valence-corrected chi connectivity index (χ2v) is 7.42. The van der Waals surface area contributed by atoms with Crippen LogP contribution in [0.3, 0.4) is 0 Å². The van der Waals surface area contributed by atoms with Gasteiger partial charge in [-0.2, -0.15) is 0 Å². The number of ether oxygens (including phenoxy) is 2. The summed E-state index contributed by atoms with van der Waals surface area (Å²) in [6.45, 7) is 4.46. The standard InChI is InChI=1S/C22H22ClN3O6/c1-15(32-21(27)9-3-16-2-8-19(23)20(14-16)26(29)30)22(28)24-17-4-6-18(7-5-17)25-10-12-31-13-11-25/h2-9,14-15H,10-13H2,1H3,(H,24,28)/b9-3+. The van der Waals surface area contributed by atoms with Crippen molar-refractivity contribution in [1.82, 2.24) is 0 Å². The fourth-order valence-electron chi connectivity index (χ4n) is 3.03. The molecule has 1 atom stereocenters. The maximum atomic E-state index is 12.3. The summed E-state index contributed by atoms with van der Waals surface area (Å²) in [5, 5.41) is 13.6. The van der Waals surface area contributed by atoms with Crippen molar-refractivity contribution >= 4 is 46.6 Å². The summed E-state index contributed by atoms with van der Waals surface area (Å²) in [7, 11) is 0. The van der Waals surface area contributed by atoms with E-state index in [9.17, 15) is 19.7 Å². The summed E-state index contributed by atoms with van der Waals surface area (Å²) in [6, 6.07) is 11.5. The van der Waals surface area contributed by atoms with E-state index in [4.69, 9.17) is 21.1 Å². The second-order valence-electron chi connectivity index (χ2n) is 7.02. The zero-order valence-electron chi connectivity index (χ0n) is 17.3. The van der Waals surface area contributed by atoms with Crippen LogP contribution in [0.25, 0.3) is 6.08 Å². The lowest BCUT2D eigenvalue weighted by molar-refractivity contribution is -0.384. The van der Waals surface area contributed by atoms with Crippen LogP contribution < -0.4 is 10.2 Å². The van der Waals surface area contributed by atoms with Gasteiger partial charge in [-0.15, -0.1) is 0 Å². The maximum absolute atomic E-state index is 12.3. The number of hydrogen-bond donors (Lipinski definition) is 1. The Balaban J connectivity index is 1.52. The molecule has 1 aliphatic heterocycles. The van der Waals surface area contributed by atoms with E-state index in [0.717, 1.165) is 24.9 Å². The van der Waals surface area contributed by atoms with Gasteiger partial charge in [0.1, 0.15) is 5.02 Å². The van der Waals surface area contributed by atoms with Gasteiger partial charge in [-0.3, -0.25) is 14.9 Å². The third-order valence-corrected chi connectivity index (χ3v) is 5.07. The fraction of sp³-hybridized carbons (Fsp3) is 0.273. The number of benzene rings is 2. The average molecular weight is 460 g/mol. The number of carbonyl (C=O) groups excluding carboxylic acids is 2. The van der Waals surface area contributed by atoms with Crippen molar-refractivity contribution in [3.8, 4) is 0 Å². The van der Waals surface area contributed by atoms with E-state index in [1.807, 2.05) is 12.1 Å². The molecule has 1 amide bonds.